The third kappa shape index (κ3) is 5.35. The molecule has 2 aliphatic heterocycles. The molecule has 38 heavy (non-hydrogen) atoms. The van der Waals surface area contributed by atoms with Crippen molar-refractivity contribution >= 4 is 22.8 Å². The first-order chi connectivity index (χ1) is 18.6. The Morgan fingerprint density at radius 1 is 0.763 bits per heavy atom. The molecule has 0 unspecified atom stereocenters. The average molecular weight is 515 g/mol. The van der Waals surface area contributed by atoms with Crippen molar-refractivity contribution in [3.63, 3.8) is 0 Å². The van der Waals surface area contributed by atoms with Gasteiger partial charge in [0, 0.05) is 44.8 Å². The summed E-state index contributed by atoms with van der Waals surface area (Å²) < 4.78 is 15.5. The molecule has 2 saturated heterocycles. The van der Waals surface area contributed by atoms with E-state index in [4.69, 9.17) is 20.8 Å². The summed E-state index contributed by atoms with van der Waals surface area (Å²) in [6, 6.07) is 16.5. The topological polar surface area (TPSA) is 79.3 Å². The molecule has 4 aromatic rings. The molecule has 0 atom stereocenters. The molecule has 0 bridgehead atoms. The number of likely N-dealkylation sites (tertiary alicyclic amines) is 1. The number of hydrogen-bond acceptors (Lipinski definition) is 7. The highest BCUT2D eigenvalue weighted by molar-refractivity contribution is 5.99. The van der Waals surface area contributed by atoms with E-state index in [9.17, 15) is 4.39 Å². The molecule has 0 aliphatic carbocycles. The number of anilines is 2. The van der Waals surface area contributed by atoms with E-state index in [2.05, 4.69) is 26.8 Å². The summed E-state index contributed by atoms with van der Waals surface area (Å²) in [6.07, 6.45) is 4.03. The third-order valence-electron chi connectivity index (χ3n) is 7.76. The monoisotopic (exact) mass is 514 g/mol. The highest BCUT2D eigenvalue weighted by Crippen LogP contribution is 2.33. The number of aromatic nitrogens is 4. The Bertz CT molecular complexity index is 1360. The zero-order valence-electron chi connectivity index (χ0n) is 21.8. The fraction of sp³-hybridized carbons (Fsp3) is 0.414. The highest BCUT2D eigenvalue weighted by Gasteiger charge is 2.24. The Kier molecular flexibility index (Phi) is 7.20. The lowest BCUT2D eigenvalue weighted by Gasteiger charge is -2.36. The van der Waals surface area contributed by atoms with Crippen LogP contribution < -0.4 is 10.6 Å². The summed E-state index contributed by atoms with van der Waals surface area (Å²) in [5.74, 6) is 0.877. The average Bonchev–Trinajstić information content (AvgIpc) is 3.28. The lowest BCUT2D eigenvalue weighted by molar-refractivity contribution is 0.176. The van der Waals surface area contributed by atoms with Gasteiger partial charge in [0.2, 0.25) is 5.95 Å². The van der Waals surface area contributed by atoms with Crippen molar-refractivity contribution in [1.29, 1.82) is 0 Å². The summed E-state index contributed by atoms with van der Waals surface area (Å²) in [7, 11) is 0. The van der Waals surface area contributed by atoms with Gasteiger partial charge in [-0.2, -0.15) is 4.98 Å². The van der Waals surface area contributed by atoms with Gasteiger partial charge in [-0.3, -0.25) is 4.90 Å². The molecule has 0 spiro atoms. The van der Waals surface area contributed by atoms with Gasteiger partial charge in [0.1, 0.15) is 11.6 Å². The highest BCUT2D eigenvalue weighted by atomic mass is 19.1. The van der Waals surface area contributed by atoms with Crippen molar-refractivity contribution in [2.24, 2.45) is 0 Å². The number of benzene rings is 2. The van der Waals surface area contributed by atoms with E-state index in [1.54, 1.807) is 16.8 Å². The lowest BCUT2D eigenvalue weighted by Crippen LogP contribution is -2.49. The third-order valence-corrected chi connectivity index (χ3v) is 7.76. The Balaban J connectivity index is 1.26. The van der Waals surface area contributed by atoms with Crippen molar-refractivity contribution in [1.82, 2.24) is 29.5 Å². The number of nitrogen functional groups attached to an aromatic ring is 1. The molecular weight excluding hydrogens is 479 g/mol. The van der Waals surface area contributed by atoms with Crippen molar-refractivity contribution in [3.05, 3.63) is 66.0 Å². The SMILES string of the molecule is Nc1c2c(-c3ccc(F)cc3)nc(N3CCN(CCN4CCCCC4)CC3)nc2nn1Cc1ccccc1. The Labute approximate surface area is 222 Å². The van der Waals surface area contributed by atoms with Crippen LogP contribution in [0.3, 0.4) is 0 Å². The van der Waals surface area contributed by atoms with Gasteiger partial charge in [-0.1, -0.05) is 36.8 Å². The van der Waals surface area contributed by atoms with Crippen LogP contribution in [-0.2, 0) is 6.54 Å². The standard InChI is InChI=1S/C29H35FN8/c30-24-11-9-23(10-12-24)26-25-27(31)38(21-22-7-3-1-4-8-22)34-28(25)33-29(32-26)37-19-17-36(18-20-37)16-15-35-13-5-2-6-14-35/h1,3-4,7-12H,2,5-6,13-21,31H2. The van der Waals surface area contributed by atoms with Gasteiger partial charge in [0.25, 0.3) is 0 Å². The zero-order chi connectivity index (χ0) is 25.9. The van der Waals surface area contributed by atoms with Crippen molar-refractivity contribution in [3.8, 4) is 11.3 Å². The first-order valence-corrected chi connectivity index (χ1v) is 13.7. The Morgan fingerprint density at radius 2 is 1.45 bits per heavy atom. The minimum absolute atomic E-state index is 0.285. The first-order valence-electron chi connectivity index (χ1n) is 13.7. The van der Waals surface area contributed by atoms with Gasteiger partial charge >= 0.3 is 0 Å². The van der Waals surface area contributed by atoms with E-state index in [1.165, 1.54) is 44.5 Å². The maximum absolute atomic E-state index is 13.7. The van der Waals surface area contributed by atoms with Gasteiger partial charge in [-0.25, -0.2) is 14.1 Å². The quantitative estimate of drug-likeness (QED) is 0.401. The summed E-state index contributed by atoms with van der Waals surface area (Å²) in [5, 5.41) is 5.49. The smallest absolute Gasteiger partial charge is 0.228 e. The molecule has 0 amide bonds. The zero-order valence-corrected chi connectivity index (χ0v) is 21.8. The summed E-state index contributed by atoms with van der Waals surface area (Å²) in [5.41, 5.74) is 9.77. The van der Waals surface area contributed by atoms with Gasteiger partial charge in [0.05, 0.1) is 17.6 Å². The number of fused-ring (bicyclic) bond motifs is 1. The predicted molar refractivity (Wildman–Crippen MR) is 150 cm³/mol. The molecule has 2 N–H and O–H groups in total. The van der Waals surface area contributed by atoms with E-state index in [-0.39, 0.29) is 5.82 Å². The molecule has 4 heterocycles. The van der Waals surface area contributed by atoms with E-state index < -0.39 is 0 Å². The molecular formula is C29H35FN8. The second-order valence-electron chi connectivity index (χ2n) is 10.3. The van der Waals surface area contributed by atoms with Gasteiger partial charge < -0.3 is 15.5 Å². The van der Waals surface area contributed by atoms with Crippen LogP contribution in [0, 0.1) is 5.82 Å². The maximum Gasteiger partial charge on any atom is 0.228 e. The molecule has 6 rings (SSSR count). The van der Waals surface area contributed by atoms with Crippen molar-refractivity contribution in [2.45, 2.75) is 25.8 Å². The van der Waals surface area contributed by atoms with Crippen molar-refractivity contribution < 1.29 is 4.39 Å². The minimum atomic E-state index is -0.285. The summed E-state index contributed by atoms with van der Waals surface area (Å²) in [6.45, 7) is 8.93. The fourth-order valence-electron chi connectivity index (χ4n) is 5.52. The Morgan fingerprint density at radius 3 is 2.16 bits per heavy atom. The largest absolute Gasteiger partial charge is 0.383 e. The van der Waals surface area contributed by atoms with Gasteiger partial charge in [0.15, 0.2) is 5.65 Å². The fourth-order valence-corrected chi connectivity index (χ4v) is 5.52. The first kappa shape index (κ1) is 24.8. The molecule has 0 radical (unpaired) electrons. The number of hydrogen-bond donors (Lipinski definition) is 1. The second-order valence-corrected chi connectivity index (χ2v) is 10.3. The molecule has 2 aromatic carbocycles. The number of rotatable bonds is 7. The van der Waals surface area contributed by atoms with Crippen LogP contribution in [0.4, 0.5) is 16.2 Å². The number of nitrogens with zero attached hydrogens (tertiary/aromatic N) is 7. The van der Waals surface area contributed by atoms with E-state index in [0.717, 1.165) is 50.4 Å². The van der Waals surface area contributed by atoms with Gasteiger partial charge in [-0.15, -0.1) is 5.10 Å². The van der Waals surface area contributed by atoms with E-state index in [1.807, 2.05) is 18.2 Å². The molecule has 0 saturated carbocycles. The molecule has 8 nitrogen and oxygen atoms in total. The number of piperazine rings is 1. The molecule has 9 heteroatoms. The van der Waals surface area contributed by atoms with Crippen LogP contribution >= 0.6 is 0 Å². The molecule has 2 fully saturated rings. The van der Waals surface area contributed by atoms with Crippen LogP contribution in [0.25, 0.3) is 22.3 Å². The Hall–Kier alpha value is -3.56. The number of nitrogens with two attached hydrogens (primary N) is 1. The summed E-state index contributed by atoms with van der Waals surface area (Å²) in [4.78, 5) is 17.2. The van der Waals surface area contributed by atoms with Gasteiger partial charge in [-0.05, 0) is 55.8 Å². The van der Waals surface area contributed by atoms with E-state index in [0.29, 0.717) is 35.0 Å². The van der Waals surface area contributed by atoms with Crippen LogP contribution in [-0.4, -0.2) is 81.9 Å². The van der Waals surface area contributed by atoms with Crippen LogP contribution in [0.5, 0.6) is 0 Å². The second kappa shape index (κ2) is 11.0. The van der Waals surface area contributed by atoms with Crippen LogP contribution in [0.2, 0.25) is 0 Å². The van der Waals surface area contributed by atoms with Crippen molar-refractivity contribution in [2.75, 3.05) is 63.0 Å². The lowest BCUT2D eigenvalue weighted by atomic mass is 10.1. The summed E-state index contributed by atoms with van der Waals surface area (Å²) >= 11 is 0. The normalized spacial score (nSPS) is 17.3. The van der Waals surface area contributed by atoms with E-state index >= 15 is 0 Å². The molecule has 2 aromatic heterocycles. The molecule has 198 valence electrons. The number of halogens is 1. The van der Waals surface area contributed by atoms with Crippen LogP contribution in [0.15, 0.2) is 54.6 Å². The molecule has 2 aliphatic rings. The van der Waals surface area contributed by atoms with Crippen LogP contribution in [0.1, 0.15) is 24.8 Å². The predicted octanol–water partition coefficient (Wildman–Crippen LogP) is 3.87. The maximum atomic E-state index is 13.7. The number of piperidine rings is 1. The minimum Gasteiger partial charge on any atom is -0.383 e.